The molecule has 0 saturated heterocycles. The van der Waals surface area contributed by atoms with E-state index in [-0.39, 0.29) is 17.9 Å². The zero-order valence-electron chi connectivity index (χ0n) is 24.8. The number of ether oxygens (including phenoxy) is 1. The number of nitrogens with zero attached hydrogens (tertiary/aromatic N) is 1. The zero-order chi connectivity index (χ0) is 30.5. The molecule has 5 aromatic rings. The smallest absolute Gasteiger partial charge is 0.338 e. The fraction of sp³-hybridized carbons (Fsp3) is 0.154. The van der Waals surface area contributed by atoms with Crippen LogP contribution in [-0.2, 0) is 4.74 Å². The largest absolute Gasteiger partial charge is 0.459 e. The number of benzene rings is 5. The number of carbonyl (C=O) groups is 2. The highest BCUT2D eigenvalue weighted by atomic mass is 16.5. The van der Waals surface area contributed by atoms with Gasteiger partial charge in [-0.25, -0.2) is 4.79 Å². The minimum Gasteiger partial charge on any atom is -0.459 e. The Kier molecular flexibility index (Phi) is 8.64. The third-order valence-corrected chi connectivity index (χ3v) is 7.84. The summed E-state index contributed by atoms with van der Waals surface area (Å²) in [6.45, 7) is 8.03. The van der Waals surface area contributed by atoms with Crippen molar-refractivity contribution in [3.63, 3.8) is 0 Å². The summed E-state index contributed by atoms with van der Waals surface area (Å²) >= 11 is 0. The summed E-state index contributed by atoms with van der Waals surface area (Å²) in [6.07, 6.45) is 0.598. The number of carbonyl (C=O) groups excluding carboxylic acids is 2. The molecule has 0 aliphatic heterocycles. The molecule has 4 heteroatoms. The third kappa shape index (κ3) is 6.47. The van der Waals surface area contributed by atoms with E-state index in [1.165, 1.54) is 5.56 Å². The van der Waals surface area contributed by atoms with Gasteiger partial charge in [-0.05, 0) is 96.0 Å². The van der Waals surface area contributed by atoms with Gasteiger partial charge in [0.2, 0.25) is 0 Å². The lowest BCUT2D eigenvalue weighted by molar-refractivity contribution is 0.0334. The Labute approximate surface area is 253 Å². The highest BCUT2D eigenvalue weighted by Crippen LogP contribution is 2.32. The van der Waals surface area contributed by atoms with Crippen molar-refractivity contribution in [2.24, 2.45) is 0 Å². The van der Waals surface area contributed by atoms with Crippen molar-refractivity contribution >= 4 is 11.8 Å². The SMILES string of the molecule is CCC(C)OC(=O)c1ccc(C(=O)c2ccc(-c3ccc(-c4ccc(-c5ccc(C#N)cc5)c(C)c4)cc3C)cc2)cc1. The van der Waals surface area contributed by atoms with Gasteiger partial charge in [-0.1, -0.05) is 91.9 Å². The Balaban J connectivity index is 1.30. The van der Waals surface area contributed by atoms with Crippen LogP contribution in [0.4, 0.5) is 0 Å². The maximum atomic E-state index is 13.1. The summed E-state index contributed by atoms with van der Waals surface area (Å²) in [5.74, 6) is -0.477. The van der Waals surface area contributed by atoms with Crippen LogP contribution < -0.4 is 0 Å². The third-order valence-electron chi connectivity index (χ3n) is 7.84. The van der Waals surface area contributed by atoms with Crippen molar-refractivity contribution < 1.29 is 14.3 Å². The Morgan fingerprint density at radius 1 is 0.651 bits per heavy atom. The zero-order valence-corrected chi connectivity index (χ0v) is 24.8. The molecule has 5 rings (SSSR count). The Bertz CT molecular complexity index is 1830. The van der Waals surface area contributed by atoms with Crippen LogP contribution in [0.5, 0.6) is 0 Å². The number of nitriles is 1. The fourth-order valence-electron chi connectivity index (χ4n) is 5.12. The van der Waals surface area contributed by atoms with Crippen molar-refractivity contribution in [3.8, 4) is 39.4 Å². The van der Waals surface area contributed by atoms with Gasteiger partial charge in [0.05, 0.1) is 23.3 Å². The minimum absolute atomic E-state index is 0.0970. The number of aryl methyl sites for hydroxylation is 2. The Morgan fingerprint density at radius 2 is 1.07 bits per heavy atom. The molecule has 0 radical (unpaired) electrons. The van der Waals surface area contributed by atoms with Crippen molar-refractivity contribution in [2.45, 2.75) is 40.2 Å². The maximum Gasteiger partial charge on any atom is 0.338 e. The van der Waals surface area contributed by atoms with E-state index in [9.17, 15) is 9.59 Å². The number of hydrogen-bond acceptors (Lipinski definition) is 4. The molecule has 0 heterocycles. The molecular formula is C39H33NO3. The van der Waals surface area contributed by atoms with E-state index in [0.29, 0.717) is 22.3 Å². The van der Waals surface area contributed by atoms with Crippen LogP contribution in [0.3, 0.4) is 0 Å². The van der Waals surface area contributed by atoms with Gasteiger partial charge in [0.1, 0.15) is 0 Å². The van der Waals surface area contributed by atoms with Gasteiger partial charge < -0.3 is 4.74 Å². The lowest BCUT2D eigenvalue weighted by Gasteiger charge is -2.12. The first-order valence-corrected chi connectivity index (χ1v) is 14.5. The molecule has 0 N–H and O–H groups in total. The van der Waals surface area contributed by atoms with Gasteiger partial charge in [-0.15, -0.1) is 0 Å². The van der Waals surface area contributed by atoms with E-state index in [1.54, 1.807) is 24.3 Å². The number of esters is 1. The van der Waals surface area contributed by atoms with Crippen LogP contribution in [0.1, 0.15) is 63.2 Å². The molecule has 4 nitrogen and oxygen atoms in total. The van der Waals surface area contributed by atoms with E-state index in [2.05, 4.69) is 56.3 Å². The number of hydrogen-bond donors (Lipinski definition) is 0. The van der Waals surface area contributed by atoms with E-state index < -0.39 is 0 Å². The van der Waals surface area contributed by atoms with Gasteiger partial charge in [-0.3, -0.25) is 4.79 Å². The van der Waals surface area contributed by atoms with Crippen molar-refractivity contribution in [2.75, 3.05) is 0 Å². The van der Waals surface area contributed by atoms with E-state index >= 15 is 0 Å². The summed E-state index contributed by atoms with van der Waals surface area (Å²) in [4.78, 5) is 25.4. The summed E-state index contributed by atoms with van der Waals surface area (Å²) in [6, 6.07) is 37.0. The molecule has 0 spiro atoms. The quantitative estimate of drug-likeness (QED) is 0.139. The highest BCUT2D eigenvalue weighted by molar-refractivity contribution is 6.09. The number of rotatable bonds is 8. The van der Waals surface area contributed by atoms with E-state index in [1.807, 2.05) is 62.4 Å². The molecule has 5 aromatic carbocycles. The van der Waals surface area contributed by atoms with Crippen LogP contribution in [0, 0.1) is 25.2 Å². The first kappa shape index (κ1) is 29.2. The molecule has 1 unspecified atom stereocenters. The minimum atomic E-state index is -0.380. The Hall–Kier alpha value is -5.27. The molecule has 0 saturated carbocycles. The standard InChI is InChI=1S/C39H33NO3/c1-5-27(4)43-39(42)33-16-14-32(15-17-33)38(41)31-12-10-30(11-13-31)37-21-19-35(23-26(37)3)34-18-20-36(25(2)22-34)29-8-6-28(24-40)7-9-29/h6-23,27H,5H2,1-4H3. The van der Waals surface area contributed by atoms with Crippen LogP contribution in [0.2, 0.25) is 0 Å². The second-order valence-electron chi connectivity index (χ2n) is 10.9. The lowest BCUT2D eigenvalue weighted by Crippen LogP contribution is -2.14. The van der Waals surface area contributed by atoms with Crippen LogP contribution in [0.15, 0.2) is 109 Å². The predicted molar refractivity (Wildman–Crippen MR) is 172 cm³/mol. The predicted octanol–water partition coefficient (Wildman–Crippen LogP) is 9.36. The Morgan fingerprint density at radius 3 is 1.51 bits per heavy atom. The van der Waals surface area contributed by atoms with Crippen LogP contribution in [-0.4, -0.2) is 17.9 Å². The molecule has 43 heavy (non-hydrogen) atoms. The molecule has 0 fully saturated rings. The van der Waals surface area contributed by atoms with Crippen molar-refractivity contribution in [1.82, 2.24) is 0 Å². The number of ketones is 1. The average molecular weight is 564 g/mol. The van der Waals surface area contributed by atoms with Crippen LogP contribution in [0.25, 0.3) is 33.4 Å². The van der Waals surface area contributed by atoms with Gasteiger partial charge in [-0.2, -0.15) is 5.26 Å². The van der Waals surface area contributed by atoms with Gasteiger partial charge in [0.25, 0.3) is 0 Å². The normalized spacial score (nSPS) is 11.4. The van der Waals surface area contributed by atoms with E-state index in [4.69, 9.17) is 10.00 Å². The van der Waals surface area contributed by atoms with Crippen molar-refractivity contribution in [1.29, 1.82) is 5.26 Å². The first-order valence-electron chi connectivity index (χ1n) is 14.5. The molecule has 0 aliphatic rings. The molecule has 212 valence electrons. The van der Waals surface area contributed by atoms with Gasteiger partial charge >= 0.3 is 5.97 Å². The topological polar surface area (TPSA) is 67.2 Å². The van der Waals surface area contributed by atoms with Crippen molar-refractivity contribution in [3.05, 3.63) is 143 Å². The molecule has 0 bridgehead atoms. The second-order valence-corrected chi connectivity index (χ2v) is 10.9. The summed E-state index contributed by atoms with van der Waals surface area (Å²) in [5.41, 5.74) is 11.2. The summed E-state index contributed by atoms with van der Waals surface area (Å²) < 4.78 is 5.37. The van der Waals surface area contributed by atoms with Gasteiger partial charge in [0, 0.05) is 11.1 Å². The average Bonchev–Trinajstić information content (AvgIpc) is 3.04. The fourth-order valence-corrected chi connectivity index (χ4v) is 5.12. The molecular weight excluding hydrogens is 530 g/mol. The molecule has 1 atom stereocenters. The molecule has 0 aromatic heterocycles. The molecule has 0 aliphatic carbocycles. The monoisotopic (exact) mass is 563 g/mol. The first-order chi connectivity index (χ1) is 20.8. The summed E-state index contributed by atoms with van der Waals surface area (Å²) in [7, 11) is 0. The van der Waals surface area contributed by atoms with Crippen LogP contribution >= 0.6 is 0 Å². The molecule has 0 amide bonds. The van der Waals surface area contributed by atoms with Gasteiger partial charge in [0.15, 0.2) is 5.78 Å². The highest BCUT2D eigenvalue weighted by Gasteiger charge is 2.14. The lowest BCUT2D eigenvalue weighted by atomic mass is 9.92. The second kappa shape index (κ2) is 12.7. The maximum absolute atomic E-state index is 13.1. The summed E-state index contributed by atoms with van der Waals surface area (Å²) in [5, 5.41) is 9.08. The van der Waals surface area contributed by atoms with E-state index in [0.717, 1.165) is 45.4 Å².